The van der Waals surface area contributed by atoms with Crippen LogP contribution in [0.15, 0.2) is 48.5 Å². The Hall–Kier alpha value is -2.36. The lowest BCUT2D eigenvalue weighted by atomic mass is 9.87. The van der Waals surface area contributed by atoms with Gasteiger partial charge in [0.15, 0.2) is 0 Å². The largest absolute Gasteiger partial charge is 0.339 e. The van der Waals surface area contributed by atoms with E-state index >= 15 is 0 Å². The molecule has 110 valence electrons. The minimum Gasteiger partial charge on any atom is -0.339 e. The third kappa shape index (κ3) is 3.21. The second-order valence-corrected chi connectivity index (χ2v) is 6.10. The second kappa shape index (κ2) is 5.56. The lowest BCUT2D eigenvalue weighted by molar-refractivity contribution is -0.384. The Morgan fingerprint density at radius 2 is 1.57 bits per heavy atom. The predicted molar refractivity (Wildman–Crippen MR) is 86.3 cm³/mol. The molecule has 0 aliphatic heterocycles. The van der Waals surface area contributed by atoms with Crippen LogP contribution in [-0.4, -0.2) is 12.0 Å². The normalized spacial score (nSPS) is 11.2. The Morgan fingerprint density at radius 3 is 2.10 bits per heavy atom. The molecule has 4 heteroatoms. The van der Waals surface area contributed by atoms with Crippen molar-refractivity contribution in [1.29, 1.82) is 0 Å². The summed E-state index contributed by atoms with van der Waals surface area (Å²) in [6, 6.07) is 14.9. The Kier molecular flexibility index (Phi) is 3.98. The van der Waals surface area contributed by atoms with Gasteiger partial charge in [0.1, 0.15) is 5.69 Å². The van der Waals surface area contributed by atoms with Gasteiger partial charge in [-0.25, -0.2) is 0 Å². The maximum absolute atomic E-state index is 11.1. The maximum atomic E-state index is 11.1. The average Bonchev–Trinajstić information content (AvgIpc) is 2.45. The Labute approximate surface area is 125 Å². The molecule has 2 aromatic rings. The van der Waals surface area contributed by atoms with Crippen molar-refractivity contribution in [2.45, 2.75) is 26.2 Å². The van der Waals surface area contributed by atoms with Gasteiger partial charge in [0.05, 0.1) is 4.92 Å². The van der Waals surface area contributed by atoms with E-state index in [1.54, 1.807) is 12.1 Å². The molecule has 0 bridgehead atoms. The molecule has 0 aliphatic rings. The SMILES string of the molecule is CN(c1ccc(C(C)(C)C)cc1)c1ccccc1[N+](=O)[O-]. The molecule has 0 aliphatic carbocycles. The van der Waals surface area contributed by atoms with E-state index in [0.717, 1.165) is 5.69 Å². The third-order valence-electron chi connectivity index (χ3n) is 3.56. The molecule has 21 heavy (non-hydrogen) atoms. The fourth-order valence-corrected chi connectivity index (χ4v) is 2.23. The fourth-order valence-electron chi connectivity index (χ4n) is 2.23. The van der Waals surface area contributed by atoms with Crippen LogP contribution in [0.4, 0.5) is 17.1 Å². The Balaban J connectivity index is 2.37. The summed E-state index contributed by atoms with van der Waals surface area (Å²) in [6.45, 7) is 6.48. The monoisotopic (exact) mass is 284 g/mol. The van der Waals surface area contributed by atoms with Crippen molar-refractivity contribution in [3.05, 3.63) is 64.2 Å². The molecule has 2 aromatic carbocycles. The van der Waals surface area contributed by atoms with Crippen molar-refractivity contribution in [3.63, 3.8) is 0 Å². The summed E-state index contributed by atoms with van der Waals surface area (Å²) in [6.07, 6.45) is 0. The predicted octanol–water partition coefficient (Wildman–Crippen LogP) is 4.66. The van der Waals surface area contributed by atoms with Crippen molar-refractivity contribution in [1.82, 2.24) is 0 Å². The van der Waals surface area contributed by atoms with Crippen molar-refractivity contribution in [2.75, 3.05) is 11.9 Å². The molecule has 0 fully saturated rings. The van der Waals surface area contributed by atoms with Gasteiger partial charge in [-0.1, -0.05) is 45.0 Å². The van der Waals surface area contributed by atoms with Crippen molar-refractivity contribution in [2.24, 2.45) is 0 Å². The second-order valence-electron chi connectivity index (χ2n) is 6.10. The van der Waals surface area contributed by atoms with Crippen LogP contribution >= 0.6 is 0 Å². The van der Waals surface area contributed by atoms with Crippen LogP contribution in [0.1, 0.15) is 26.3 Å². The summed E-state index contributed by atoms with van der Waals surface area (Å²) in [5.74, 6) is 0. The zero-order valence-corrected chi connectivity index (χ0v) is 12.8. The Bertz CT molecular complexity index is 643. The minimum atomic E-state index is -0.352. The van der Waals surface area contributed by atoms with Crippen LogP contribution in [0.25, 0.3) is 0 Å². The van der Waals surface area contributed by atoms with E-state index in [4.69, 9.17) is 0 Å². The molecule has 0 aromatic heterocycles. The van der Waals surface area contributed by atoms with Crippen molar-refractivity contribution < 1.29 is 4.92 Å². The van der Waals surface area contributed by atoms with Crippen LogP contribution in [0.2, 0.25) is 0 Å². The summed E-state index contributed by atoms with van der Waals surface area (Å²) < 4.78 is 0. The van der Waals surface area contributed by atoms with Gasteiger partial charge in [-0.05, 0) is 29.2 Å². The first-order valence-corrected chi connectivity index (χ1v) is 6.88. The first-order valence-electron chi connectivity index (χ1n) is 6.88. The number of anilines is 2. The molecule has 0 amide bonds. The molecule has 0 saturated heterocycles. The number of para-hydroxylation sites is 2. The van der Waals surface area contributed by atoms with Gasteiger partial charge in [-0.2, -0.15) is 0 Å². The number of nitrogens with zero attached hydrogens (tertiary/aromatic N) is 2. The summed E-state index contributed by atoms with van der Waals surface area (Å²) in [4.78, 5) is 12.6. The van der Waals surface area contributed by atoms with Gasteiger partial charge in [0.25, 0.3) is 5.69 Å². The van der Waals surface area contributed by atoms with Gasteiger partial charge in [-0.3, -0.25) is 10.1 Å². The number of benzene rings is 2. The fraction of sp³-hybridized carbons (Fsp3) is 0.294. The van der Waals surface area contributed by atoms with E-state index in [0.29, 0.717) is 5.69 Å². The highest BCUT2D eigenvalue weighted by Crippen LogP contribution is 2.33. The summed E-state index contributed by atoms with van der Waals surface area (Å²) in [5, 5.41) is 11.1. The van der Waals surface area contributed by atoms with Crippen LogP contribution in [0.5, 0.6) is 0 Å². The summed E-state index contributed by atoms with van der Waals surface area (Å²) in [5.41, 5.74) is 2.96. The minimum absolute atomic E-state index is 0.0931. The molecular formula is C17H20N2O2. The van der Waals surface area contributed by atoms with Gasteiger partial charge < -0.3 is 4.90 Å². The smallest absolute Gasteiger partial charge is 0.292 e. The highest BCUT2D eigenvalue weighted by Gasteiger charge is 2.18. The molecule has 0 N–H and O–H groups in total. The van der Waals surface area contributed by atoms with E-state index in [1.807, 2.05) is 30.1 Å². The molecule has 0 spiro atoms. The number of hydrogen-bond acceptors (Lipinski definition) is 3. The quantitative estimate of drug-likeness (QED) is 0.608. The van der Waals surface area contributed by atoms with Crippen LogP contribution in [0, 0.1) is 10.1 Å². The topological polar surface area (TPSA) is 46.4 Å². The molecule has 0 radical (unpaired) electrons. The Morgan fingerprint density at radius 1 is 1.00 bits per heavy atom. The number of nitro benzene ring substituents is 1. The zero-order valence-electron chi connectivity index (χ0n) is 12.8. The van der Waals surface area contributed by atoms with Crippen LogP contribution < -0.4 is 4.90 Å². The van der Waals surface area contributed by atoms with Crippen molar-refractivity contribution >= 4 is 17.1 Å². The zero-order chi connectivity index (χ0) is 15.6. The highest BCUT2D eigenvalue weighted by molar-refractivity contribution is 5.71. The van der Waals surface area contributed by atoms with Gasteiger partial charge in [0.2, 0.25) is 0 Å². The summed E-state index contributed by atoms with van der Waals surface area (Å²) in [7, 11) is 1.84. The van der Waals surface area contributed by atoms with Gasteiger partial charge in [0, 0.05) is 18.8 Å². The van der Waals surface area contributed by atoms with Gasteiger partial charge >= 0.3 is 0 Å². The van der Waals surface area contributed by atoms with Gasteiger partial charge in [-0.15, -0.1) is 0 Å². The summed E-state index contributed by atoms with van der Waals surface area (Å²) >= 11 is 0. The molecular weight excluding hydrogens is 264 g/mol. The maximum Gasteiger partial charge on any atom is 0.292 e. The number of rotatable bonds is 3. The number of hydrogen-bond donors (Lipinski definition) is 0. The first-order chi connectivity index (χ1) is 9.80. The molecule has 0 atom stereocenters. The van der Waals surface area contributed by atoms with E-state index < -0.39 is 0 Å². The van der Waals surface area contributed by atoms with E-state index in [1.165, 1.54) is 11.6 Å². The molecule has 0 saturated carbocycles. The molecule has 4 nitrogen and oxygen atoms in total. The van der Waals surface area contributed by atoms with E-state index in [2.05, 4.69) is 32.9 Å². The third-order valence-corrected chi connectivity index (χ3v) is 3.56. The van der Waals surface area contributed by atoms with Crippen LogP contribution in [0.3, 0.4) is 0 Å². The van der Waals surface area contributed by atoms with E-state index in [-0.39, 0.29) is 16.0 Å². The molecule has 0 heterocycles. The molecule has 2 rings (SSSR count). The molecule has 0 unspecified atom stereocenters. The lowest BCUT2D eigenvalue weighted by Gasteiger charge is -2.22. The van der Waals surface area contributed by atoms with Crippen LogP contribution in [-0.2, 0) is 5.41 Å². The van der Waals surface area contributed by atoms with Crippen molar-refractivity contribution in [3.8, 4) is 0 Å². The highest BCUT2D eigenvalue weighted by atomic mass is 16.6. The van der Waals surface area contributed by atoms with E-state index in [9.17, 15) is 10.1 Å². The first kappa shape index (κ1) is 15.0. The standard InChI is InChI=1S/C17H20N2O2/c1-17(2,3)13-9-11-14(12-10-13)18(4)15-7-5-6-8-16(15)19(20)21/h5-12H,1-4H3. The number of nitro groups is 1. The average molecular weight is 284 g/mol. The lowest BCUT2D eigenvalue weighted by Crippen LogP contribution is -2.13.